The lowest BCUT2D eigenvalue weighted by Crippen LogP contribution is -2.01. The first kappa shape index (κ1) is 27.6. The quantitative estimate of drug-likeness (QED) is 0.184. The minimum atomic E-state index is 0.439. The molecule has 6 aromatic carbocycles. The van der Waals surface area contributed by atoms with E-state index in [0.29, 0.717) is 34.3 Å². The molecule has 0 saturated carbocycles. The van der Waals surface area contributed by atoms with Gasteiger partial charge in [0.05, 0.1) is 29.2 Å². The van der Waals surface area contributed by atoms with Gasteiger partial charge in [0.2, 0.25) is 0 Å². The largest absolute Gasteiger partial charge is 0.309 e. The highest BCUT2D eigenvalue weighted by molar-refractivity contribution is 6.10. The molecule has 2 aromatic heterocycles. The van der Waals surface area contributed by atoms with Crippen molar-refractivity contribution in [1.29, 1.82) is 5.26 Å². The van der Waals surface area contributed by atoms with Gasteiger partial charge >= 0.3 is 0 Å². The summed E-state index contributed by atoms with van der Waals surface area (Å²) in [6.07, 6.45) is 0. The summed E-state index contributed by atoms with van der Waals surface area (Å²) in [5.74, 6) is 1.53. The lowest BCUT2D eigenvalue weighted by atomic mass is 10.0. The molecule has 0 fully saturated rings. The molecule has 8 rings (SSSR count). The highest BCUT2D eigenvalue weighted by Crippen LogP contribution is 2.38. The maximum absolute atomic E-state index is 9.25. The van der Waals surface area contributed by atoms with Gasteiger partial charge in [-0.25, -0.2) is 19.8 Å². The summed E-state index contributed by atoms with van der Waals surface area (Å²) in [4.78, 5) is 18.5. The first-order chi connectivity index (χ1) is 23.2. The van der Waals surface area contributed by atoms with Crippen LogP contribution in [0, 0.1) is 17.9 Å². The van der Waals surface area contributed by atoms with Crippen LogP contribution in [-0.4, -0.2) is 19.5 Å². The van der Waals surface area contributed by atoms with Crippen molar-refractivity contribution in [2.24, 2.45) is 0 Å². The Morgan fingerprint density at radius 1 is 0.532 bits per heavy atom. The van der Waals surface area contributed by atoms with Crippen molar-refractivity contribution in [2.45, 2.75) is 0 Å². The molecule has 8 aromatic rings. The predicted octanol–water partition coefficient (Wildman–Crippen LogP) is 10.1. The molecule has 0 aliphatic rings. The van der Waals surface area contributed by atoms with Gasteiger partial charge in [-0.3, -0.25) is 0 Å². The van der Waals surface area contributed by atoms with E-state index in [1.807, 2.05) is 109 Å². The zero-order valence-electron chi connectivity index (χ0n) is 25.0. The first-order valence-electron chi connectivity index (χ1n) is 15.1. The number of rotatable bonds is 5. The third-order valence-corrected chi connectivity index (χ3v) is 8.32. The van der Waals surface area contributed by atoms with Crippen LogP contribution in [0.25, 0.3) is 77.6 Å². The van der Waals surface area contributed by atoms with Gasteiger partial charge in [0.1, 0.15) is 0 Å². The molecule has 6 heteroatoms. The Kier molecular flexibility index (Phi) is 6.80. The van der Waals surface area contributed by atoms with Crippen molar-refractivity contribution < 1.29 is 0 Å². The zero-order chi connectivity index (χ0) is 31.7. The molecule has 218 valence electrons. The maximum atomic E-state index is 9.25. The van der Waals surface area contributed by atoms with E-state index in [-0.39, 0.29) is 0 Å². The summed E-state index contributed by atoms with van der Waals surface area (Å²) >= 11 is 0. The van der Waals surface area contributed by atoms with E-state index >= 15 is 0 Å². The maximum Gasteiger partial charge on any atom is 0.198 e. The van der Waals surface area contributed by atoms with Gasteiger partial charge in [-0.2, -0.15) is 5.26 Å². The SMILES string of the molecule is [C-]#[N+]c1ccc(-n2c3ccccc3c3cc(-c4ccc(C#N)cc4)ccc32)cc1-c1nc(-c2ccccc2)nc(-c2ccccc2)n1. The number of fused-ring (bicyclic) bond motifs is 3. The average Bonchev–Trinajstić information content (AvgIpc) is 3.49. The Hall–Kier alpha value is -6.89. The minimum Gasteiger partial charge on any atom is -0.309 e. The molecule has 0 spiro atoms. The summed E-state index contributed by atoms with van der Waals surface area (Å²) in [7, 11) is 0. The number of nitrogens with zero attached hydrogens (tertiary/aromatic N) is 6. The number of para-hydroxylation sites is 1. The van der Waals surface area contributed by atoms with Crippen molar-refractivity contribution in [3.05, 3.63) is 163 Å². The second-order valence-corrected chi connectivity index (χ2v) is 11.1. The monoisotopic (exact) mass is 600 g/mol. The highest BCUT2D eigenvalue weighted by Gasteiger charge is 2.18. The topological polar surface area (TPSA) is 71.8 Å². The number of aromatic nitrogens is 4. The molecule has 0 radical (unpaired) electrons. The first-order valence-corrected chi connectivity index (χ1v) is 15.1. The number of hydrogen-bond acceptors (Lipinski definition) is 4. The van der Waals surface area contributed by atoms with Crippen LogP contribution in [0.1, 0.15) is 5.56 Å². The zero-order valence-corrected chi connectivity index (χ0v) is 25.0. The number of hydrogen-bond donors (Lipinski definition) is 0. The smallest absolute Gasteiger partial charge is 0.198 e. The van der Waals surface area contributed by atoms with E-state index in [1.54, 1.807) is 0 Å². The van der Waals surface area contributed by atoms with E-state index in [2.05, 4.69) is 51.9 Å². The lowest BCUT2D eigenvalue weighted by molar-refractivity contribution is 1.07. The highest BCUT2D eigenvalue weighted by atomic mass is 15.0. The van der Waals surface area contributed by atoms with Crippen LogP contribution in [0.2, 0.25) is 0 Å². The van der Waals surface area contributed by atoms with Gasteiger partial charge in [0.15, 0.2) is 23.2 Å². The van der Waals surface area contributed by atoms with Crippen LogP contribution in [0.15, 0.2) is 146 Å². The summed E-state index contributed by atoms with van der Waals surface area (Å²) in [5, 5.41) is 11.5. The van der Waals surface area contributed by atoms with Crippen molar-refractivity contribution >= 4 is 27.5 Å². The molecule has 0 N–H and O–H groups in total. The van der Waals surface area contributed by atoms with Crippen LogP contribution in [-0.2, 0) is 0 Å². The fraction of sp³-hybridized carbons (Fsp3) is 0. The fourth-order valence-corrected chi connectivity index (χ4v) is 6.04. The Balaban J connectivity index is 1.33. The Bertz CT molecular complexity index is 2460. The molecule has 0 bridgehead atoms. The molecule has 0 unspecified atom stereocenters. The summed E-state index contributed by atoms with van der Waals surface area (Å²) in [6, 6.07) is 50.1. The molecule has 0 aliphatic carbocycles. The molecule has 47 heavy (non-hydrogen) atoms. The molecule has 0 aliphatic heterocycles. The second-order valence-electron chi connectivity index (χ2n) is 11.1. The molecule has 0 saturated heterocycles. The third-order valence-electron chi connectivity index (χ3n) is 8.32. The Labute approximate surface area is 271 Å². The fourth-order valence-electron chi connectivity index (χ4n) is 6.04. The van der Waals surface area contributed by atoms with Crippen molar-refractivity contribution in [2.75, 3.05) is 0 Å². The standard InChI is InChI=1S/C41H24N6/c1-43-36-22-21-32(25-35(36)41-45-39(29-10-4-2-5-11-29)44-40(46-41)30-12-6-3-7-13-30)47-37-15-9-8-14-33(37)34-24-31(20-23-38(34)47)28-18-16-27(26-42)17-19-28/h2-25H. The number of benzene rings is 6. The molecular formula is C41H24N6. The van der Waals surface area contributed by atoms with Gasteiger partial charge in [-0.15, -0.1) is 0 Å². The average molecular weight is 601 g/mol. The van der Waals surface area contributed by atoms with Crippen molar-refractivity contribution in [1.82, 2.24) is 19.5 Å². The van der Waals surface area contributed by atoms with Crippen LogP contribution in [0.4, 0.5) is 5.69 Å². The van der Waals surface area contributed by atoms with Crippen molar-refractivity contribution in [3.63, 3.8) is 0 Å². The summed E-state index contributed by atoms with van der Waals surface area (Å²) in [5.41, 5.74) is 8.57. The second kappa shape index (κ2) is 11.6. The van der Waals surface area contributed by atoms with Crippen LogP contribution in [0.3, 0.4) is 0 Å². The Morgan fingerprint density at radius 3 is 1.79 bits per heavy atom. The van der Waals surface area contributed by atoms with Crippen LogP contribution >= 0.6 is 0 Å². The van der Waals surface area contributed by atoms with Gasteiger partial charge in [-0.1, -0.05) is 103 Å². The van der Waals surface area contributed by atoms with E-state index in [0.717, 1.165) is 49.7 Å². The molecular weight excluding hydrogens is 576 g/mol. The molecule has 6 nitrogen and oxygen atoms in total. The Morgan fingerprint density at radius 2 is 1.13 bits per heavy atom. The van der Waals surface area contributed by atoms with Gasteiger partial charge in [0.25, 0.3) is 0 Å². The van der Waals surface area contributed by atoms with E-state index < -0.39 is 0 Å². The normalized spacial score (nSPS) is 10.9. The summed E-state index contributed by atoms with van der Waals surface area (Å²) in [6.45, 7) is 8.04. The van der Waals surface area contributed by atoms with Gasteiger partial charge in [0, 0.05) is 33.2 Å². The van der Waals surface area contributed by atoms with Gasteiger partial charge < -0.3 is 4.57 Å². The van der Waals surface area contributed by atoms with E-state index in [9.17, 15) is 5.26 Å². The van der Waals surface area contributed by atoms with Crippen LogP contribution in [0.5, 0.6) is 0 Å². The minimum absolute atomic E-state index is 0.439. The van der Waals surface area contributed by atoms with E-state index in [1.165, 1.54) is 0 Å². The van der Waals surface area contributed by atoms with Crippen molar-refractivity contribution in [3.8, 4) is 57.0 Å². The predicted molar refractivity (Wildman–Crippen MR) is 187 cm³/mol. The van der Waals surface area contributed by atoms with E-state index in [4.69, 9.17) is 21.5 Å². The summed E-state index contributed by atoms with van der Waals surface area (Å²) < 4.78 is 2.22. The lowest BCUT2D eigenvalue weighted by Gasteiger charge is -2.13. The number of nitriles is 1. The third kappa shape index (κ3) is 4.97. The van der Waals surface area contributed by atoms with Gasteiger partial charge in [-0.05, 0) is 53.6 Å². The molecule has 0 amide bonds. The molecule has 2 heterocycles. The van der Waals surface area contributed by atoms with Crippen LogP contribution < -0.4 is 0 Å². The molecule has 0 atom stereocenters.